The fourth-order valence-corrected chi connectivity index (χ4v) is 2.05. The lowest BCUT2D eigenvalue weighted by atomic mass is 10.1. The molecular formula is C14H14BrN3O3. The maximum atomic E-state index is 11.9. The van der Waals surface area contributed by atoms with Gasteiger partial charge in [0.25, 0.3) is 5.91 Å². The second-order valence-electron chi connectivity index (χ2n) is 4.25. The van der Waals surface area contributed by atoms with Crippen molar-refractivity contribution in [2.45, 2.75) is 6.54 Å². The third kappa shape index (κ3) is 4.16. The molecule has 1 N–H and O–H groups in total. The highest BCUT2D eigenvalue weighted by molar-refractivity contribution is 9.10. The van der Waals surface area contributed by atoms with Crippen LogP contribution < -0.4 is 5.32 Å². The number of amides is 1. The zero-order valence-electron chi connectivity index (χ0n) is 11.4. The van der Waals surface area contributed by atoms with E-state index in [9.17, 15) is 9.59 Å². The van der Waals surface area contributed by atoms with Gasteiger partial charge < -0.3 is 10.1 Å². The summed E-state index contributed by atoms with van der Waals surface area (Å²) in [6, 6.07) is 6.30. The molecule has 0 aliphatic carbocycles. The molecule has 7 heteroatoms. The van der Waals surface area contributed by atoms with Gasteiger partial charge in [0.05, 0.1) is 29.9 Å². The largest absolute Gasteiger partial charge is 0.465 e. The van der Waals surface area contributed by atoms with E-state index in [2.05, 4.69) is 31.1 Å². The number of carbonyl (C=O) groups is 2. The van der Waals surface area contributed by atoms with Crippen LogP contribution in [0.2, 0.25) is 0 Å². The fourth-order valence-electron chi connectivity index (χ4n) is 1.72. The standard InChI is InChI=1S/C14H14BrN3O3/c1-21-14(20)11-4-2-10(3-5-11)13(19)16-6-7-18-9-12(15)8-17-18/h2-5,8-9H,6-7H2,1H3,(H,16,19). The summed E-state index contributed by atoms with van der Waals surface area (Å²) in [6.45, 7) is 1.04. The molecule has 0 aliphatic rings. The Hall–Kier alpha value is -2.15. The summed E-state index contributed by atoms with van der Waals surface area (Å²) < 4.78 is 7.22. The number of carbonyl (C=O) groups excluding carboxylic acids is 2. The molecule has 0 aliphatic heterocycles. The smallest absolute Gasteiger partial charge is 0.337 e. The summed E-state index contributed by atoms with van der Waals surface area (Å²) in [6.07, 6.45) is 3.52. The van der Waals surface area contributed by atoms with E-state index in [1.807, 2.05) is 6.20 Å². The van der Waals surface area contributed by atoms with Gasteiger partial charge in [0.1, 0.15) is 0 Å². The van der Waals surface area contributed by atoms with Crippen LogP contribution in [0.3, 0.4) is 0 Å². The number of halogens is 1. The average molecular weight is 352 g/mol. The fraction of sp³-hybridized carbons (Fsp3) is 0.214. The highest BCUT2D eigenvalue weighted by atomic mass is 79.9. The molecule has 0 unspecified atom stereocenters. The van der Waals surface area contributed by atoms with Gasteiger partial charge in [0, 0.05) is 18.3 Å². The number of benzene rings is 1. The van der Waals surface area contributed by atoms with Crippen molar-refractivity contribution in [3.05, 3.63) is 52.3 Å². The first-order chi connectivity index (χ1) is 10.1. The molecule has 2 aromatic rings. The monoisotopic (exact) mass is 351 g/mol. The quantitative estimate of drug-likeness (QED) is 0.834. The topological polar surface area (TPSA) is 73.2 Å². The number of hydrogen-bond donors (Lipinski definition) is 1. The number of ether oxygens (including phenoxy) is 1. The number of aromatic nitrogens is 2. The van der Waals surface area contributed by atoms with Crippen LogP contribution in [-0.2, 0) is 11.3 Å². The van der Waals surface area contributed by atoms with Crippen LogP contribution in [0.5, 0.6) is 0 Å². The Morgan fingerprint density at radius 1 is 1.29 bits per heavy atom. The zero-order chi connectivity index (χ0) is 15.2. The van der Waals surface area contributed by atoms with E-state index in [-0.39, 0.29) is 5.91 Å². The Morgan fingerprint density at radius 2 is 1.95 bits per heavy atom. The van der Waals surface area contributed by atoms with E-state index >= 15 is 0 Å². The Labute approximate surface area is 130 Å². The first-order valence-electron chi connectivity index (χ1n) is 6.24. The summed E-state index contributed by atoms with van der Waals surface area (Å²) in [5, 5.41) is 6.88. The third-order valence-electron chi connectivity index (χ3n) is 2.80. The number of nitrogens with zero attached hydrogens (tertiary/aromatic N) is 2. The summed E-state index contributed by atoms with van der Waals surface area (Å²) >= 11 is 3.31. The van der Waals surface area contributed by atoms with Gasteiger partial charge in [-0.2, -0.15) is 5.10 Å². The van der Waals surface area contributed by atoms with Crippen LogP contribution in [0.4, 0.5) is 0 Å². The molecule has 1 aromatic carbocycles. The van der Waals surface area contributed by atoms with Crippen molar-refractivity contribution in [2.75, 3.05) is 13.7 Å². The van der Waals surface area contributed by atoms with Crippen LogP contribution in [0.15, 0.2) is 41.1 Å². The minimum absolute atomic E-state index is 0.197. The first kappa shape index (κ1) is 15.2. The highest BCUT2D eigenvalue weighted by Gasteiger charge is 2.08. The van der Waals surface area contributed by atoms with Crippen molar-refractivity contribution in [1.29, 1.82) is 0 Å². The third-order valence-corrected chi connectivity index (χ3v) is 3.21. The summed E-state index contributed by atoms with van der Waals surface area (Å²) in [5.41, 5.74) is 0.903. The van der Waals surface area contributed by atoms with E-state index in [1.165, 1.54) is 7.11 Å². The first-order valence-corrected chi connectivity index (χ1v) is 7.04. The number of nitrogens with one attached hydrogen (secondary N) is 1. The molecule has 1 amide bonds. The van der Waals surface area contributed by atoms with Gasteiger partial charge in [-0.1, -0.05) is 0 Å². The molecule has 0 radical (unpaired) electrons. The Morgan fingerprint density at radius 3 is 2.52 bits per heavy atom. The molecular weight excluding hydrogens is 338 g/mol. The maximum Gasteiger partial charge on any atom is 0.337 e. The second-order valence-corrected chi connectivity index (χ2v) is 5.16. The summed E-state index contributed by atoms with van der Waals surface area (Å²) in [7, 11) is 1.32. The number of rotatable bonds is 5. The molecule has 0 spiro atoms. The molecule has 21 heavy (non-hydrogen) atoms. The van der Waals surface area contributed by atoms with Crippen LogP contribution in [0, 0.1) is 0 Å². The van der Waals surface area contributed by atoms with Crippen molar-refractivity contribution < 1.29 is 14.3 Å². The van der Waals surface area contributed by atoms with Crippen molar-refractivity contribution in [1.82, 2.24) is 15.1 Å². The minimum atomic E-state index is -0.425. The number of esters is 1. The highest BCUT2D eigenvalue weighted by Crippen LogP contribution is 2.07. The zero-order valence-corrected chi connectivity index (χ0v) is 13.0. The van der Waals surface area contributed by atoms with Crippen molar-refractivity contribution in [3.63, 3.8) is 0 Å². The molecule has 1 heterocycles. The summed E-state index contributed by atoms with van der Waals surface area (Å²) in [5.74, 6) is -0.621. The molecule has 0 saturated carbocycles. The lowest BCUT2D eigenvalue weighted by Gasteiger charge is -2.06. The lowest BCUT2D eigenvalue weighted by molar-refractivity contribution is 0.0600. The van der Waals surface area contributed by atoms with Crippen molar-refractivity contribution >= 4 is 27.8 Å². The van der Waals surface area contributed by atoms with Gasteiger partial charge in [-0.05, 0) is 40.2 Å². The molecule has 0 saturated heterocycles. The van der Waals surface area contributed by atoms with Gasteiger partial charge >= 0.3 is 5.97 Å². The van der Waals surface area contributed by atoms with E-state index in [1.54, 1.807) is 35.1 Å². The minimum Gasteiger partial charge on any atom is -0.465 e. The molecule has 6 nitrogen and oxygen atoms in total. The Kier molecular flexibility index (Phi) is 5.10. The molecule has 0 bridgehead atoms. The molecule has 0 atom stereocenters. The molecule has 110 valence electrons. The van der Waals surface area contributed by atoms with Crippen LogP contribution in [-0.4, -0.2) is 35.3 Å². The second kappa shape index (κ2) is 7.03. The van der Waals surface area contributed by atoms with Gasteiger partial charge in [-0.3, -0.25) is 9.48 Å². The van der Waals surface area contributed by atoms with E-state index in [0.29, 0.717) is 24.2 Å². The Balaban J connectivity index is 1.87. The molecule has 2 rings (SSSR count). The van der Waals surface area contributed by atoms with Crippen LogP contribution in [0.1, 0.15) is 20.7 Å². The number of methoxy groups -OCH3 is 1. The average Bonchev–Trinajstić information content (AvgIpc) is 2.92. The maximum absolute atomic E-state index is 11.9. The summed E-state index contributed by atoms with van der Waals surface area (Å²) in [4.78, 5) is 23.2. The van der Waals surface area contributed by atoms with E-state index in [4.69, 9.17) is 0 Å². The predicted octanol–water partition coefficient (Wildman–Crippen LogP) is 1.86. The predicted molar refractivity (Wildman–Crippen MR) is 80.0 cm³/mol. The van der Waals surface area contributed by atoms with Gasteiger partial charge in [0.15, 0.2) is 0 Å². The van der Waals surface area contributed by atoms with Gasteiger partial charge in [0.2, 0.25) is 0 Å². The van der Waals surface area contributed by atoms with Gasteiger partial charge in [-0.25, -0.2) is 4.79 Å². The Bertz CT molecular complexity index is 637. The van der Waals surface area contributed by atoms with Crippen molar-refractivity contribution in [3.8, 4) is 0 Å². The molecule has 1 aromatic heterocycles. The van der Waals surface area contributed by atoms with Crippen LogP contribution >= 0.6 is 15.9 Å². The lowest BCUT2D eigenvalue weighted by Crippen LogP contribution is -2.27. The normalized spacial score (nSPS) is 10.2. The van der Waals surface area contributed by atoms with Crippen molar-refractivity contribution in [2.24, 2.45) is 0 Å². The SMILES string of the molecule is COC(=O)c1ccc(C(=O)NCCn2cc(Br)cn2)cc1. The van der Waals surface area contributed by atoms with Gasteiger partial charge in [-0.15, -0.1) is 0 Å². The number of hydrogen-bond acceptors (Lipinski definition) is 4. The van der Waals surface area contributed by atoms with Crippen LogP contribution in [0.25, 0.3) is 0 Å². The van der Waals surface area contributed by atoms with E-state index in [0.717, 1.165) is 4.47 Å². The van der Waals surface area contributed by atoms with E-state index < -0.39 is 5.97 Å². The molecule has 0 fully saturated rings.